The SMILES string of the molecule is CC(O)OC1CC1. The molecular weight excluding hydrogens is 92.1 g/mol. The Kier molecular flexibility index (Phi) is 1.30. The maximum Gasteiger partial charge on any atom is 0.152 e. The fourth-order valence-electron chi connectivity index (χ4n) is 0.483. The van der Waals surface area contributed by atoms with Gasteiger partial charge in [-0.25, -0.2) is 0 Å². The molecule has 1 N–H and O–H groups in total. The average Bonchev–Trinajstić information content (AvgIpc) is 2.17. The van der Waals surface area contributed by atoms with E-state index in [0.717, 1.165) is 12.8 Å². The Bertz CT molecular complexity index is 57.1. The number of hydrogen-bond acceptors (Lipinski definition) is 2. The highest BCUT2D eigenvalue weighted by Crippen LogP contribution is 2.24. The first-order valence-electron chi connectivity index (χ1n) is 2.62. The van der Waals surface area contributed by atoms with E-state index in [1.807, 2.05) is 0 Å². The third-order valence-electron chi connectivity index (χ3n) is 0.914. The lowest BCUT2D eigenvalue weighted by molar-refractivity contribution is -0.0937. The van der Waals surface area contributed by atoms with Gasteiger partial charge in [0.05, 0.1) is 6.10 Å². The van der Waals surface area contributed by atoms with Crippen molar-refractivity contribution < 1.29 is 9.84 Å². The summed E-state index contributed by atoms with van der Waals surface area (Å²) in [5.41, 5.74) is 0. The smallest absolute Gasteiger partial charge is 0.152 e. The third kappa shape index (κ3) is 1.90. The van der Waals surface area contributed by atoms with E-state index in [9.17, 15) is 0 Å². The molecule has 2 nitrogen and oxygen atoms in total. The molecule has 1 aliphatic rings. The Morgan fingerprint density at radius 1 is 1.71 bits per heavy atom. The average molecular weight is 102 g/mol. The molecule has 0 aromatic rings. The highest BCUT2D eigenvalue weighted by Gasteiger charge is 2.23. The molecule has 42 valence electrons. The maximum absolute atomic E-state index is 8.54. The van der Waals surface area contributed by atoms with Crippen LogP contribution in [0.2, 0.25) is 0 Å². The minimum absolute atomic E-state index is 0.375. The summed E-state index contributed by atoms with van der Waals surface area (Å²) in [5, 5.41) is 8.54. The van der Waals surface area contributed by atoms with Crippen molar-refractivity contribution in [2.75, 3.05) is 0 Å². The Hall–Kier alpha value is -0.0800. The van der Waals surface area contributed by atoms with Crippen LogP contribution in [0.4, 0.5) is 0 Å². The van der Waals surface area contributed by atoms with E-state index in [1.54, 1.807) is 6.92 Å². The fraction of sp³-hybridized carbons (Fsp3) is 1.00. The van der Waals surface area contributed by atoms with Crippen molar-refractivity contribution in [1.29, 1.82) is 0 Å². The fourth-order valence-corrected chi connectivity index (χ4v) is 0.483. The van der Waals surface area contributed by atoms with E-state index in [2.05, 4.69) is 0 Å². The molecule has 2 heteroatoms. The summed E-state index contributed by atoms with van der Waals surface area (Å²) in [5.74, 6) is 0. The number of aliphatic hydroxyl groups is 1. The minimum Gasteiger partial charge on any atom is -0.368 e. The highest BCUT2D eigenvalue weighted by atomic mass is 16.6. The Labute approximate surface area is 43.1 Å². The van der Waals surface area contributed by atoms with Crippen LogP contribution in [0, 0.1) is 0 Å². The lowest BCUT2D eigenvalue weighted by atomic mass is 10.7. The second-order valence-electron chi connectivity index (χ2n) is 1.93. The van der Waals surface area contributed by atoms with Gasteiger partial charge in [-0.3, -0.25) is 0 Å². The Balaban J connectivity index is 1.97. The number of ether oxygens (including phenoxy) is 1. The van der Waals surface area contributed by atoms with Crippen molar-refractivity contribution in [3.63, 3.8) is 0 Å². The molecule has 7 heavy (non-hydrogen) atoms. The van der Waals surface area contributed by atoms with E-state index in [4.69, 9.17) is 9.84 Å². The van der Waals surface area contributed by atoms with Crippen molar-refractivity contribution in [2.45, 2.75) is 32.2 Å². The van der Waals surface area contributed by atoms with Crippen LogP contribution in [-0.2, 0) is 4.74 Å². The van der Waals surface area contributed by atoms with Gasteiger partial charge in [0.15, 0.2) is 6.29 Å². The monoisotopic (exact) mass is 102 g/mol. The maximum atomic E-state index is 8.54. The first-order chi connectivity index (χ1) is 3.29. The largest absolute Gasteiger partial charge is 0.368 e. The van der Waals surface area contributed by atoms with Crippen LogP contribution in [0.15, 0.2) is 0 Å². The van der Waals surface area contributed by atoms with Crippen LogP contribution in [0.1, 0.15) is 19.8 Å². The van der Waals surface area contributed by atoms with Gasteiger partial charge in [0.25, 0.3) is 0 Å². The topological polar surface area (TPSA) is 29.5 Å². The lowest BCUT2D eigenvalue weighted by Crippen LogP contribution is -2.06. The lowest BCUT2D eigenvalue weighted by Gasteiger charge is -2.01. The van der Waals surface area contributed by atoms with Crippen molar-refractivity contribution in [3.05, 3.63) is 0 Å². The molecule has 1 saturated carbocycles. The van der Waals surface area contributed by atoms with Crippen LogP contribution in [0.5, 0.6) is 0 Å². The van der Waals surface area contributed by atoms with Gasteiger partial charge in [-0.1, -0.05) is 0 Å². The van der Waals surface area contributed by atoms with Gasteiger partial charge < -0.3 is 9.84 Å². The van der Waals surface area contributed by atoms with Crippen molar-refractivity contribution in [3.8, 4) is 0 Å². The molecular formula is C5H10O2. The van der Waals surface area contributed by atoms with Crippen LogP contribution >= 0.6 is 0 Å². The van der Waals surface area contributed by atoms with E-state index in [-0.39, 0.29) is 0 Å². The van der Waals surface area contributed by atoms with E-state index < -0.39 is 6.29 Å². The van der Waals surface area contributed by atoms with Crippen molar-refractivity contribution >= 4 is 0 Å². The van der Waals surface area contributed by atoms with Crippen LogP contribution in [-0.4, -0.2) is 17.5 Å². The number of aliphatic hydroxyl groups excluding tert-OH is 1. The quantitative estimate of drug-likeness (QED) is 0.514. The van der Waals surface area contributed by atoms with Gasteiger partial charge in [-0.05, 0) is 19.8 Å². The molecule has 0 radical (unpaired) electrons. The summed E-state index contributed by atoms with van der Waals surface area (Å²) < 4.78 is 4.92. The molecule has 0 spiro atoms. The minimum atomic E-state index is -0.563. The molecule has 0 bridgehead atoms. The highest BCUT2D eigenvalue weighted by molar-refractivity contribution is 4.72. The van der Waals surface area contributed by atoms with Crippen LogP contribution < -0.4 is 0 Å². The normalized spacial score (nSPS) is 24.9. The molecule has 0 aromatic heterocycles. The summed E-state index contributed by atoms with van der Waals surface area (Å²) in [4.78, 5) is 0. The zero-order valence-electron chi connectivity index (χ0n) is 4.42. The van der Waals surface area contributed by atoms with Crippen molar-refractivity contribution in [2.24, 2.45) is 0 Å². The Morgan fingerprint density at radius 3 is 2.43 bits per heavy atom. The van der Waals surface area contributed by atoms with E-state index in [0.29, 0.717) is 6.10 Å². The molecule has 1 unspecified atom stereocenters. The molecule has 0 aliphatic heterocycles. The molecule has 0 aromatic carbocycles. The van der Waals surface area contributed by atoms with Gasteiger partial charge >= 0.3 is 0 Å². The zero-order chi connectivity index (χ0) is 5.28. The number of hydrogen-bond donors (Lipinski definition) is 1. The zero-order valence-corrected chi connectivity index (χ0v) is 4.42. The summed E-state index contributed by atoms with van der Waals surface area (Å²) in [6, 6.07) is 0. The first kappa shape index (κ1) is 5.06. The molecule has 1 rings (SSSR count). The van der Waals surface area contributed by atoms with E-state index in [1.165, 1.54) is 0 Å². The summed E-state index contributed by atoms with van der Waals surface area (Å²) in [7, 11) is 0. The summed E-state index contributed by atoms with van der Waals surface area (Å²) >= 11 is 0. The molecule has 0 heterocycles. The second kappa shape index (κ2) is 1.80. The van der Waals surface area contributed by atoms with Crippen LogP contribution in [0.25, 0.3) is 0 Å². The molecule has 0 amide bonds. The van der Waals surface area contributed by atoms with Crippen molar-refractivity contribution in [1.82, 2.24) is 0 Å². The van der Waals surface area contributed by atoms with E-state index >= 15 is 0 Å². The second-order valence-corrected chi connectivity index (χ2v) is 1.93. The standard InChI is InChI=1S/C5H10O2/c1-4(6)7-5-2-3-5/h4-6H,2-3H2,1H3. The van der Waals surface area contributed by atoms with Gasteiger partial charge in [0, 0.05) is 0 Å². The third-order valence-corrected chi connectivity index (χ3v) is 0.914. The number of rotatable bonds is 2. The van der Waals surface area contributed by atoms with Gasteiger partial charge in [-0.2, -0.15) is 0 Å². The van der Waals surface area contributed by atoms with Crippen LogP contribution in [0.3, 0.4) is 0 Å². The first-order valence-corrected chi connectivity index (χ1v) is 2.62. The predicted molar refractivity (Wildman–Crippen MR) is 25.8 cm³/mol. The van der Waals surface area contributed by atoms with Gasteiger partial charge in [0.2, 0.25) is 0 Å². The van der Waals surface area contributed by atoms with Gasteiger partial charge in [-0.15, -0.1) is 0 Å². The summed E-state index contributed by atoms with van der Waals surface area (Å²) in [6.45, 7) is 1.64. The van der Waals surface area contributed by atoms with Gasteiger partial charge in [0.1, 0.15) is 0 Å². The summed E-state index contributed by atoms with van der Waals surface area (Å²) in [6.07, 6.45) is 2.07. The molecule has 1 fully saturated rings. The molecule has 1 atom stereocenters. The molecule has 0 saturated heterocycles. The predicted octanol–water partition coefficient (Wildman–Crippen LogP) is 0.504. The molecule has 1 aliphatic carbocycles. The Morgan fingerprint density at radius 2 is 2.29 bits per heavy atom.